The van der Waals surface area contributed by atoms with Gasteiger partial charge in [0.15, 0.2) is 6.61 Å². The minimum absolute atomic E-state index is 0.237. The minimum Gasteiger partial charge on any atom is -0.483 e. The number of aryl methyl sites for hydroxylation is 2. The predicted molar refractivity (Wildman–Crippen MR) is 90.8 cm³/mol. The Kier molecular flexibility index (Phi) is 6.38. The molecule has 1 aromatic carbocycles. The second-order valence-corrected chi connectivity index (χ2v) is 6.38. The van der Waals surface area contributed by atoms with Crippen molar-refractivity contribution in [3.05, 3.63) is 29.3 Å². The lowest BCUT2D eigenvalue weighted by Gasteiger charge is -2.27. The van der Waals surface area contributed by atoms with Gasteiger partial charge in [0.25, 0.3) is 5.91 Å². The molecular formula is C18H24N2O5. The third kappa shape index (κ3) is 4.95. The van der Waals surface area contributed by atoms with Gasteiger partial charge in [-0.25, -0.2) is 0 Å². The standard InChI is InChI=1S/C18H24N2O5/c1-11-6-5-7-12(2)16(11)25-10-15(21)19-20-17(22)13-8-3-4-9-14(13)18(23)24/h5-7,13-14H,3-4,8-10H2,1-2H3,(H,19,21)(H,20,22)(H,23,24). The Labute approximate surface area is 146 Å². The van der Waals surface area contributed by atoms with E-state index >= 15 is 0 Å². The molecule has 25 heavy (non-hydrogen) atoms. The number of carbonyl (C=O) groups is 3. The first-order valence-corrected chi connectivity index (χ1v) is 8.40. The van der Waals surface area contributed by atoms with Crippen LogP contribution in [0.4, 0.5) is 0 Å². The molecule has 0 radical (unpaired) electrons. The number of para-hydroxylation sites is 1. The van der Waals surface area contributed by atoms with E-state index in [9.17, 15) is 19.5 Å². The van der Waals surface area contributed by atoms with Crippen molar-refractivity contribution in [3.63, 3.8) is 0 Å². The van der Waals surface area contributed by atoms with Gasteiger partial charge in [-0.15, -0.1) is 0 Å². The van der Waals surface area contributed by atoms with Crippen LogP contribution in [-0.4, -0.2) is 29.5 Å². The van der Waals surface area contributed by atoms with E-state index < -0.39 is 29.6 Å². The Hall–Kier alpha value is -2.57. The lowest BCUT2D eigenvalue weighted by Crippen LogP contribution is -2.49. The Morgan fingerprint density at radius 3 is 2.28 bits per heavy atom. The van der Waals surface area contributed by atoms with Gasteiger partial charge in [0.05, 0.1) is 11.8 Å². The number of carboxylic acids is 1. The first kappa shape index (κ1) is 18.8. The molecular weight excluding hydrogens is 324 g/mol. The maximum Gasteiger partial charge on any atom is 0.307 e. The number of carbonyl (C=O) groups excluding carboxylic acids is 2. The van der Waals surface area contributed by atoms with E-state index in [-0.39, 0.29) is 6.61 Å². The molecule has 1 aliphatic carbocycles. The molecule has 0 aliphatic heterocycles. The highest BCUT2D eigenvalue weighted by Gasteiger charge is 2.35. The number of carboxylic acid groups (broad SMARTS) is 1. The first-order chi connectivity index (χ1) is 11.9. The molecule has 7 nitrogen and oxygen atoms in total. The molecule has 0 aromatic heterocycles. The molecule has 7 heteroatoms. The molecule has 0 heterocycles. The normalized spacial score (nSPS) is 19.8. The van der Waals surface area contributed by atoms with E-state index in [0.717, 1.165) is 24.0 Å². The molecule has 0 bridgehead atoms. The second kappa shape index (κ2) is 8.50. The molecule has 2 unspecified atom stereocenters. The lowest BCUT2D eigenvalue weighted by atomic mass is 9.79. The molecule has 0 saturated heterocycles. The van der Waals surface area contributed by atoms with Gasteiger partial charge >= 0.3 is 5.97 Å². The van der Waals surface area contributed by atoms with Crippen LogP contribution in [0.1, 0.15) is 36.8 Å². The van der Waals surface area contributed by atoms with Crippen molar-refractivity contribution >= 4 is 17.8 Å². The summed E-state index contributed by atoms with van der Waals surface area (Å²) >= 11 is 0. The van der Waals surface area contributed by atoms with Crippen LogP contribution in [-0.2, 0) is 14.4 Å². The van der Waals surface area contributed by atoms with Crippen molar-refractivity contribution in [2.75, 3.05) is 6.61 Å². The average molecular weight is 348 g/mol. The Bertz CT molecular complexity index is 639. The summed E-state index contributed by atoms with van der Waals surface area (Å²) in [5, 5.41) is 9.21. The van der Waals surface area contributed by atoms with E-state index in [4.69, 9.17) is 4.74 Å². The number of benzene rings is 1. The molecule has 1 aromatic rings. The molecule has 1 fully saturated rings. The van der Waals surface area contributed by atoms with Gasteiger partial charge in [0, 0.05) is 0 Å². The van der Waals surface area contributed by atoms with Crippen molar-refractivity contribution in [3.8, 4) is 5.75 Å². The first-order valence-electron chi connectivity index (χ1n) is 8.40. The number of hydrogen-bond donors (Lipinski definition) is 3. The molecule has 2 atom stereocenters. The highest BCUT2D eigenvalue weighted by Crippen LogP contribution is 2.30. The summed E-state index contributed by atoms with van der Waals surface area (Å²) < 4.78 is 5.51. The molecule has 2 amide bonds. The number of nitrogens with one attached hydrogen (secondary N) is 2. The fraction of sp³-hybridized carbons (Fsp3) is 0.500. The Balaban J connectivity index is 1.83. The predicted octanol–water partition coefficient (Wildman–Crippen LogP) is 1.72. The fourth-order valence-corrected chi connectivity index (χ4v) is 3.16. The number of hydrazine groups is 1. The summed E-state index contributed by atoms with van der Waals surface area (Å²) in [5.41, 5.74) is 6.45. The van der Waals surface area contributed by atoms with E-state index in [0.29, 0.717) is 18.6 Å². The summed E-state index contributed by atoms with van der Waals surface area (Å²) in [7, 11) is 0. The monoisotopic (exact) mass is 348 g/mol. The van der Waals surface area contributed by atoms with Gasteiger partial charge in [0.1, 0.15) is 5.75 Å². The van der Waals surface area contributed by atoms with Crippen LogP contribution >= 0.6 is 0 Å². The van der Waals surface area contributed by atoms with Crippen LogP contribution in [0.2, 0.25) is 0 Å². The zero-order valence-corrected chi connectivity index (χ0v) is 14.5. The van der Waals surface area contributed by atoms with Crippen LogP contribution < -0.4 is 15.6 Å². The van der Waals surface area contributed by atoms with Gasteiger partial charge in [0.2, 0.25) is 5.91 Å². The maximum absolute atomic E-state index is 12.2. The maximum atomic E-state index is 12.2. The van der Waals surface area contributed by atoms with Gasteiger partial charge in [-0.3, -0.25) is 25.2 Å². The van der Waals surface area contributed by atoms with Crippen LogP contribution in [0.25, 0.3) is 0 Å². The minimum atomic E-state index is -0.968. The molecule has 0 spiro atoms. The number of aliphatic carboxylic acids is 1. The van der Waals surface area contributed by atoms with Crippen LogP contribution in [0.5, 0.6) is 5.75 Å². The molecule has 1 aliphatic rings. The van der Waals surface area contributed by atoms with Crippen molar-refractivity contribution in [1.29, 1.82) is 0 Å². The number of amides is 2. The summed E-state index contributed by atoms with van der Waals surface area (Å²) in [5.74, 6) is -2.61. The zero-order chi connectivity index (χ0) is 18.4. The number of rotatable bonds is 5. The zero-order valence-electron chi connectivity index (χ0n) is 14.5. The van der Waals surface area contributed by atoms with Crippen LogP contribution in [0.15, 0.2) is 18.2 Å². The van der Waals surface area contributed by atoms with Gasteiger partial charge in [-0.1, -0.05) is 31.0 Å². The molecule has 2 rings (SSSR count). The molecule has 136 valence electrons. The molecule has 1 saturated carbocycles. The second-order valence-electron chi connectivity index (χ2n) is 6.38. The fourth-order valence-electron chi connectivity index (χ4n) is 3.16. The van der Waals surface area contributed by atoms with Crippen molar-refractivity contribution in [2.24, 2.45) is 11.8 Å². The summed E-state index contributed by atoms with van der Waals surface area (Å²) in [6, 6.07) is 5.68. The lowest BCUT2D eigenvalue weighted by molar-refractivity contribution is -0.149. The van der Waals surface area contributed by atoms with Crippen molar-refractivity contribution < 1.29 is 24.2 Å². The van der Waals surface area contributed by atoms with Gasteiger partial charge in [-0.2, -0.15) is 0 Å². The van der Waals surface area contributed by atoms with Crippen molar-refractivity contribution in [2.45, 2.75) is 39.5 Å². The third-order valence-corrected chi connectivity index (χ3v) is 4.50. The topological polar surface area (TPSA) is 105 Å². The van der Waals surface area contributed by atoms with Crippen LogP contribution in [0.3, 0.4) is 0 Å². The smallest absolute Gasteiger partial charge is 0.307 e. The summed E-state index contributed by atoms with van der Waals surface area (Å²) in [6.45, 7) is 3.53. The Morgan fingerprint density at radius 2 is 1.68 bits per heavy atom. The Morgan fingerprint density at radius 1 is 1.08 bits per heavy atom. The number of hydrogen-bond acceptors (Lipinski definition) is 4. The average Bonchev–Trinajstić information content (AvgIpc) is 2.59. The summed E-state index contributed by atoms with van der Waals surface area (Å²) in [4.78, 5) is 35.3. The van der Waals surface area contributed by atoms with E-state index in [1.54, 1.807) is 0 Å². The SMILES string of the molecule is Cc1cccc(C)c1OCC(=O)NNC(=O)C1CCCCC1C(=O)O. The highest BCUT2D eigenvalue weighted by atomic mass is 16.5. The van der Waals surface area contributed by atoms with Gasteiger partial charge in [-0.05, 0) is 37.8 Å². The van der Waals surface area contributed by atoms with E-state index in [2.05, 4.69) is 10.9 Å². The van der Waals surface area contributed by atoms with E-state index in [1.165, 1.54) is 0 Å². The summed E-state index contributed by atoms with van der Waals surface area (Å²) in [6.07, 6.45) is 2.61. The van der Waals surface area contributed by atoms with Crippen LogP contribution in [0, 0.1) is 25.7 Å². The van der Waals surface area contributed by atoms with Crippen molar-refractivity contribution in [1.82, 2.24) is 10.9 Å². The van der Waals surface area contributed by atoms with Gasteiger partial charge < -0.3 is 9.84 Å². The third-order valence-electron chi connectivity index (χ3n) is 4.50. The molecule has 3 N–H and O–H groups in total. The van der Waals surface area contributed by atoms with E-state index in [1.807, 2.05) is 32.0 Å². The quantitative estimate of drug-likeness (QED) is 0.703. The number of ether oxygens (including phenoxy) is 1. The highest BCUT2D eigenvalue weighted by molar-refractivity contribution is 5.87. The largest absolute Gasteiger partial charge is 0.483 e.